The summed E-state index contributed by atoms with van der Waals surface area (Å²) < 4.78 is 39.8. The number of halogens is 2. The van der Waals surface area contributed by atoms with Crippen molar-refractivity contribution < 1.29 is 33.0 Å². The summed E-state index contributed by atoms with van der Waals surface area (Å²) in [5.41, 5.74) is -0.302. The average molecular weight is 405 g/mol. The zero-order valence-corrected chi connectivity index (χ0v) is 15.6. The minimum atomic E-state index is -1.28. The third-order valence-electron chi connectivity index (χ3n) is 5.29. The Labute approximate surface area is 164 Å². The quantitative estimate of drug-likeness (QED) is 0.811. The first-order valence-electron chi connectivity index (χ1n) is 8.73. The van der Waals surface area contributed by atoms with Crippen LogP contribution in [0.1, 0.15) is 24.0 Å². The maximum Gasteiger partial charge on any atom is 0.410 e. The first-order valence-corrected chi connectivity index (χ1v) is 8.73. The van der Waals surface area contributed by atoms with Crippen LogP contribution >= 0.6 is 0 Å². The summed E-state index contributed by atoms with van der Waals surface area (Å²) in [6.07, 6.45) is 1.10. The second-order valence-corrected chi connectivity index (χ2v) is 6.89. The number of methoxy groups -OCH3 is 2. The Kier molecular flexibility index (Phi) is 4.29. The molecule has 1 saturated carbocycles. The van der Waals surface area contributed by atoms with E-state index in [0.717, 1.165) is 11.0 Å². The number of nitrogens with zero attached hydrogens (tertiary/aromatic N) is 2. The number of benzene rings is 1. The van der Waals surface area contributed by atoms with Crippen LogP contribution in [0.2, 0.25) is 0 Å². The Hall–Kier alpha value is -3.43. The first-order chi connectivity index (χ1) is 13.8. The summed E-state index contributed by atoms with van der Waals surface area (Å²) in [5, 5.41) is 11.0. The van der Waals surface area contributed by atoms with Gasteiger partial charge in [0, 0.05) is 12.3 Å². The zero-order chi connectivity index (χ0) is 20.9. The fourth-order valence-electron chi connectivity index (χ4n) is 3.75. The second kappa shape index (κ2) is 6.57. The van der Waals surface area contributed by atoms with Gasteiger partial charge in [0.05, 0.1) is 26.2 Å². The van der Waals surface area contributed by atoms with Gasteiger partial charge in [-0.2, -0.15) is 0 Å². The van der Waals surface area contributed by atoms with Crippen LogP contribution in [0.15, 0.2) is 18.3 Å². The molecule has 2 N–H and O–H groups in total. The molecule has 1 aliphatic carbocycles. The largest absolute Gasteiger partial charge is 0.493 e. The molecule has 2 heterocycles. The molecule has 0 unspecified atom stereocenters. The van der Waals surface area contributed by atoms with E-state index in [4.69, 9.17) is 14.6 Å². The molecule has 10 heteroatoms. The lowest BCUT2D eigenvalue weighted by atomic mass is 9.86. The van der Waals surface area contributed by atoms with Gasteiger partial charge in [-0.05, 0) is 30.0 Å². The SMILES string of the molecule is COc1cc(OC)c(F)c(N2Cc3cnc(NC(=O)O)cc3C3(CC3)C2=O)c1F. The molecule has 0 radical (unpaired) electrons. The van der Waals surface area contributed by atoms with Gasteiger partial charge in [0.25, 0.3) is 0 Å². The minimum absolute atomic E-state index is 0.0872. The number of carboxylic acid groups (broad SMARTS) is 1. The summed E-state index contributed by atoms with van der Waals surface area (Å²) in [6.45, 7) is -0.125. The van der Waals surface area contributed by atoms with E-state index >= 15 is 0 Å². The number of hydrogen-bond acceptors (Lipinski definition) is 5. The fourth-order valence-corrected chi connectivity index (χ4v) is 3.75. The Bertz CT molecular complexity index is 1010. The van der Waals surface area contributed by atoms with Gasteiger partial charge in [0.2, 0.25) is 5.91 Å². The lowest BCUT2D eigenvalue weighted by Gasteiger charge is -2.35. The Morgan fingerprint density at radius 3 is 2.34 bits per heavy atom. The van der Waals surface area contributed by atoms with E-state index < -0.39 is 34.7 Å². The molecule has 2 amide bonds. The lowest BCUT2D eigenvalue weighted by molar-refractivity contribution is -0.121. The van der Waals surface area contributed by atoms with Crippen molar-refractivity contribution in [2.24, 2.45) is 0 Å². The maximum atomic E-state index is 15.0. The average Bonchev–Trinajstić information content (AvgIpc) is 3.48. The molecule has 1 spiro atoms. The molecule has 1 aromatic carbocycles. The van der Waals surface area contributed by atoms with Gasteiger partial charge in [-0.3, -0.25) is 10.1 Å². The smallest absolute Gasteiger partial charge is 0.410 e. The second-order valence-electron chi connectivity index (χ2n) is 6.89. The molecule has 152 valence electrons. The summed E-state index contributed by atoms with van der Waals surface area (Å²) >= 11 is 0. The number of rotatable bonds is 4. The molecule has 2 aromatic rings. The molecule has 1 aromatic heterocycles. The van der Waals surface area contributed by atoms with E-state index in [1.165, 1.54) is 26.5 Å². The highest BCUT2D eigenvalue weighted by Gasteiger charge is 2.57. The molecule has 0 bridgehead atoms. The summed E-state index contributed by atoms with van der Waals surface area (Å²) in [5.74, 6) is -2.89. The Balaban J connectivity index is 1.84. The first kappa shape index (κ1) is 18.9. The maximum absolute atomic E-state index is 15.0. The molecule has 29 heavy (non-hydrogen) atoms. The van der Waals surface area contributed by atoms with Gasteiger partial charge in [-0.25, -0.2) is 18.6 Å². The normalized spacial score (nSPS) is 16.4. The van der Waals surface area contributed by atoms with E-state index in [1.807, 2.05) is 0 Å². The van der Waals surface area contributed by atoms with Gasteiger partial charge in [0.1, 0.15) is 11.5 Å². The van der Waals surface area contributed by atoms with Crippen LogP contribution in [0.3, 0.4) is 0 Å². The van der Waals surface area contributed by atoms with Crippen LogP contribution in [-0.4, -0.2) is 36.3 Å². The van der Waals surface area contributed by atoms with Crippen molar-refractivity contribution in [2.45, 2.75) is 24.8 Å². The van der Waals surface area contributed by atoms with Crippen molar-refractivity contribution in [1.29, 1.82) is 0 Å². The Morgan fingerprint density at radius 2 is 1.83 bits per heavy atom. The van der Waals surface area contributed by atoms with Crippen LogP contribution in [-0.2, 0) is 16.8 Å². The van der Waals surface area contributed by atoms with E-state index in [2.05, 4.69) is 10.3 Å². The number of fused-ring (bicyclic) bond motifs is 2. The number of carbonyl (C=O) groups excluding carboxylic acids is 1. The molecular formula is C19H17F2N3O5. The Morgan fingerprint density at radius 1 is 1.21 bits per heavy atom. The molecule has 2 aliphatic rings. The van der Waals surface area contributed by atoms with Gasteiger partial charge < -0.3 is 19.5 Å². The fraction of sp³-hybridized carbons (Fsp3) is 0.316. The molecule has 8 nitrogen and oxygen atoms in total. The zero-order valence-electron chi connectivity index (χ0n) is 15.6. The third-order valence-corrected chi connectivity index (χ3v) is 5.29. The van der Waals surface area contributed by atoms with Crippen molar-refractivity contribution in [3.8, 4) is 11.5 Å². The highest BCUT2D eigenvalue weighted by Crippen LogP contribution is 2.55. The van der Waals surface area contributed by atoms with Crippen LogP contribution < -0.4 is 19.7 Å². The number of aromatic nitrogens is 1. The molecule has 1 aliphatic heterocycles. The number of nitrogens with one attached hydrogen (secondary N) is 1. The number of ether oxygens (including phenoxy) is 2. The number of amides is 2. The van der Waals surface area contributed by atoms with Gasteiger partial charge in [-0.1, -0.05) is 0 Å². The molecule has 0 atom stereocenters. The summed E-state index contributed by atoms with van der Waals surface area (Å²) in [6, 6.07) is 2.58. The van der Waals surface area contributed by atoms with Crippen LogP contribution in [0, 0.1) is 11.6 Å². The van der Waals surface area contributed by atoms with E-state index in [-0.39, 0.29) is 23.9 Å². The van der Waals surface area contributed by atoms with E-state index in [0.29, 0.717) is 24.0 Å². The number of carbonyl (C=O) groups is 2. The summed E-state index contributed by atoms with van der Waals surface area (Å²) in [4.78, 5) is 29.2. The van der Waals surface area contributed by atoms with Gasteiger partial charge in [0.15, 0.2) is 23.1 Å². The topological polar surface area (TPSA) is 101 Å². The standard InChI is InChI=1S/C19H17F2N3O5/c1-28-11-6-12(29-2)15(21)16(14(11)20)24-8-9-7-22-13(23-18(26)27)5-10(9)19(3-4-19)17(24)25/h5-7H,3-4,8H2,1-2H3,(H,22,23)(H,26,27). The highest BCUT2D eigenvalue weighted by atomic mass is 19.1. The van der Waals surface area contributed by atoms with Crippen molar-refractivity contribution in [1.82, 2.24) is 4.98 Å². The van der Waals surface area contributed by atoms with E-state index in [1.54, 1.807) is 0 Å². The minimum Gasteiger partial charge on any atom is -0.493 e. The van der Waals surface area contributed by atoms with Gasteiger partial charge >= 0.3 is 6.09 Å². The highest BCUT2D eigenvalue weighted by molar-refractivity contribution is 6.05. The molecule has 4 rings (SSSR count). The predicted molar refractivity (Wildman–Crippen MR) is 97.4 cm³/mol. The monoisotopic (exact) mass is 405 g/mol. The van der Waals surface area contributed by atoms with Crippen molar-refractivity contribution >= 4 is 23.5 Å². The van der Waals surface area contributed by atoms with Crippen molar-refractivity contribution in [3.63, 3.8) is 0 Å². The van der Waals surface area contributed by atoms with Crippen LogP contribution in [0.4, 0.5) is 25.1 Å². The van der Waals surface area contributed by atoms with Crippen molar-refractivity contribution in [3.05, 3.63) is 41.1 Å². The molecular weight excluding hydrogens is 388 g/mol. The number of hydrogen-bond donors (Lipinski definition) is 2. The van der Waals surface area contributed by atoms with E-state index in [9.17, 15) is 18.4 Å². The summed E-state index contributed by atoms with van der Waals surface area (Å²) in [7, 11) is 2.46. The molecule has 0 saturated heterocycles. The number of pyridine rings is 1. The van der Waals surface area contributed by atoms with Gasteiger partial charge in [-0.15, -0.1) is 0 Å². The number of anilines is 2. The predicted octanol–water partition coefficient (Wildman–Crippen LogP) is 3.05. The lowest BCUT2D eigenvalue weighted by Crippen LogP contribution is -2.45. The van der Waals surface area contributed by atoms with Crippen molar-refractivity contribution in [2.75, 3.05) is 24.4 Å². The van der Waals surface area contributed by atoms with Crippen LogP contribution in [0.5, 0.6) is 11.5 Å². The third kappa shape index (κ3) is 2.82. The molecule has 1 fully saturated rings. The van der Waals surface area contributed by atoms with Crippen LogP contribution in [0.25, 0.3) is 0 Å².